The molecule has 0 bridgehead atoms. The third-order valence-corrected chi connectivity index (χ3v) is 4.39. The SMILES string of the molecule is CCc1nc(C)c(C(=O)N2CCNC[C@H]2C)s1.Cl. The van der Waals surface area contributed by atoms with Crippen molar-refractivity contribution < 1.29 is 4.79 Å². The monoisotopic (exact) mass is 289 g/mol. The van der Waals surface area contributed by atoms with Gasteiger partial charge >= 0.3 is 0 Å². The van der Waals surface area contributed by atoms with E-state index in [0.717, 1.165) is 41.6 Å². The van der Waals surface area contributed by atoms with Gasteiger partial charge in [0.1, 0.15) is 4.88 Å². The molecule has 2 rings (SSSR count). The topological polar surface area (TPSA) is 45.2 Å². The number of carbonyl (C=O) groups excluding carboxylic acids is 1. The highest BCUT2D eigenvalue weighted by Crippen LogP contribution is 2.21. The Balaban J connectivity index is 0.00000162. The summed E-state index contributed by atoms with van der Waals surface area (Å²) in [7, 11) is 0. The molecular weight excluding hydrogens is 270 g/mol. The Bertz CT molecular complexity index is 421. The zero-order valence-electron chi connectivity index (χ0n) is 11.0. The maximum Gasteiger partial charge on any atom is 0.266 e. The van der Waals surface area contributed by atoms with Crippen molar-refractivity contribution in [2.24, 2.45) is 0 Å². The summed E-state index contributed by atoms with van der Waals surface area (Å²) >= 11 is 1.54. The van der Waals surface area contributed by atoms with Gasteiger partial charge in [0.15, 0.2) is 0 Å². The first-order valence-electron chi connectivity index (χ1n) is 6.11. The van der Waals surface area contributed by atoms with Crippen LogP contribution in [0.5, 0.6) is 0 Å². The van der Waals surface area contributed by atoms with Crippen LogP contribution in [-0.4, -0.2) is 41.5 Å². The van der Waals surface area contributed by atoms with Crippen LogP contribution in [0, 0.1) is 6.92 Å². The van der Waals surface area contributed by atoms with E-state index >= 15 is 0 Å². The number of nitrogens with zero attached hydrogens (tertiary/aromatic N) is 2. The molecule has 1 fully saturated rings. The molecule has 102 valence electrons. The number of aromatic nitrogens is 1. The number of hydrogen-bond donors (Lipinski definition) is 1. The smallest absolute Gasteiger partial charge is 0.266 e. The minimum Gasteiger partial charge on any atom is -0.333 e. The second-order valence-electron chi connectivity index (χ2n) is 4.43. The lowest BCUT2D eigenvalue weighted by Crippen LogP contribution is -2.52. The third-order valence-electron chi connectivity index (χ3n) is 3.10. The van der Waals surface area contributed by atoms with Crippen LogP contribution in [0.15, 0.2) is 0 Å². The van der Waals surface area contributed by atoms with Gasteiger partial charge in [-0.15, -0.1) is 23.7 Å². The van der Waals surface area contributed by atoms with Crippen molar-refractivity contribution in [1.29, 1.82) is 0 Å². The molecule has 1 N–H and O–H groups in total. The van der Waals surface area contributed by atoms with Crippen LogP contribution in [0.1, 0.15) is 34.2 Å². The Labute approximate surface area is 118 Å². The molecule has 2 heterocycles. The predicted octanol–water partition coefficient (Wildman–Crippen LogP) is 1.87. The highest BCUT2D eigenvalue weighted by atomic mass is 35.5. The minimum atomic E-state index is 0. The standard InChI is InChI=1S/C12H19N3OS.ClH/c1-4-10-14-9(3)11(17-10)12(16)15-6-5-13-7-8(15)2;/h8,13H,4-7H2,1-3H3;1H/t8-;/m1./s1. The fraction of sp³-hybridized carbons (Fsp3) is 0.667. The van der Waals surface area contributed by atoms with Crippen molar-refractivity contribution in [2.45, 2.75) is 33.2 Å². The maximum atomic E-state index is 12.4. The molecule has 0 unspecified atom stereocenters. The third kappa shape index (κ3) is 3.02. The summed E-state index contributed by atoms with van der Waals surface area (Å²) in [6.07, 6.45) is 0.899. The molecule has 0 radical (unpaired) electrons. The summed E-state index contributed by atoms with van der Waals surface area (Å²) in [4.78, 5) is 19.6. The first kappa shape index (κ1) is 15.4. The zero-order chi connectivity index (χ0) is 12.4. The van der Waals surface area contributed by atoms with E-state index in [4.69, 9.17) is 0 Å². The highest BCUT2D eigenvalue weighted by Gasteiger charge is 2.26. The molecule has 4 nitrogen and oxygen atoms in total. The fourth-order valence-electron chi connectivity index (χ4n) is 2.08. The maximum absolute atomic E-state index is 12.4. The normalized spacial score (nSPS) is 19.5. The molecular formula is C12H20ClN3OS. The number of carbonyl (C=O) groups is 1. The van der Waals surface area contributed by atoms with Gasteiger partial charge in [-0.25, -0.2) is 4.98 Å². The first-order valence-corrected chi connectivity index (χ1v) is 6.93. The molecule has 0 aliphatic carbocycles. The summed E-state index contributed by atoms with van der Waals surface area (Å²) in [6, 6.07) is 0.267. The molecule has 1 aliphatic heterocycles. The quantitative estimate of drug-likeness (QED) is 0.904. The van der Waals surface area contributed by atoms with Gasteiger partial charge in [0.25, 0.3) is 5.91 Å². The van der Waals surface area contributed by atoms with Gasteiger partial charge in [0.05, 0.1) is 10.7 Å². The van der Waals surface area contributed by atoms with Gasteiger partial charge in [-0.3, -0.25) is 4.79 Å². The summed E-state index contributed by atoms with van der Waals surface area (Å²) < 4.78 is 0. The van der Waals surface area contributed by atoms with Crippen molar-refractivity contribution >= 4 is 29.7 Å². The first-order chi connectivity index (χ1) is 8.13. The Kier molecular flexibility index (Phi) is 5.56. The average Bonchev–Trinajstić information content (AvgIpc) is 2.70. The van der Waals surface area contributed by atoms with Crippen LogP contribution < -0.4 is 5.32 Å². The van der Waals surface area contributed by atoms with E-state index in [9.17, 15) is 4.79 Å². The van der Waals surface area contributed by atoms with Crippen LogP contribution in [0.3, 0.4) is 0 Å². The largest absolute Gasteiger partial charge is 0.333 e. The van der Waals surface area contributed by atoms with Crippen LogP contribution in [-0.2, 0) is 6.42 Å². The van der Waals surface area contributed by atoms with Gasteiger partial charge in [-0.2, -0.15) is 0 Å². The number of hydrogen-bond acceptors (Lipinski definition) is 4. The highest BCUT2D eigenvalue weighted by molar-refractivity contribution is 7.13. The molecule has 1 aliphatic rings. The van der Waals surface area contributed by atoms with E-state index in [-0.39, 0.29) is 24.4 Å². The van der Waals surface area contributed by atoms with Gasteiger partial charge in [0.2, 0.25) is 0 Å². The van der Waals surface area contributed by atoms with E-state index in [2.05, 4.69) is 24.1 Å². The Morgan fingerprint density at radius 2 is 2.33 bits per heavy atom. The fourth-order valence-corrected chi connectivity index (χ4v) is 3.04. The lowest BCUT2D eigenvalue weighted by atomic mass is 10.2. The second-order valence-corrected chi connectivity index (χ2v) is 5.51. The molecule has 0 saturated carbocycles. The van der Waals surface area contributed by atoms with Crippen LogP contribution >= 0.6 is 23.7 Å². The van der Waals surface area contributed by atoms with Gasteiger partial charge in [-0.05, 0) is 20.3 Å². The summed E-state index contributed by atoms with van der Waals surface area (Å²) in [5.41, 5.74) is 0.877. The van der Waals surface area contributed by atoms with Gasteiger partial charge in [0, 0.05) is 25.7 Å². The number of piperazine rings is 1. The summed E-state index contributed by atoms with van der Waals surface area (Å²) in [5.74, 6) is 0.147. The number of thiazole rings is 1. The number of nitrogens with one attached hydrogen (secondary N) is 1. The Morgan fingerprint density at radius 1 is 1.61 bits per heavy atom. The molecule has 0 spiro atoms. The summed E-state index contributed by atoms with van der Waals surface area (Å²) in [6.45, 7) is 8.63. The van der Waals surface area contributed by atoms with Crippen molar-refractivity contribution in [3.63, 3.8) is 0 Å². The second kappa shape index (κ2) is 6.50. The van der Waals surface area contributed by atoms with Gasteiger partial charge in [-0.1, -0.05) is 6.92 Å². The van der Waals surface area contributed by atoms with E-state index < -0.39 is 0 Å². The average molecular weight is 290 g/mol. The van der Waals surface area contributed by atoms with E-state index in [1.807, 2.05) is 11.8 Å². The molecule has 0 aromatic carbocycles. The number of rotatable bonds is 2. The van der Waals surface area contributed by atoms with Gasteiger partial charge < -0.3 is 10.2 Å². The Hall–Kier alpha value is -0.650. The number of amides is 1. The molecule has 1 amide bonds. The van der Waals surface area contributed by atoms with Crippen molar-refractivity contribution in [1.82, 2.24) is 15.2 Å². The minimum absolute atomic E-state index is 0. The van der Waals surface area contributed by atoms with Crippen molar-refractivity contribution in [3.05, 3.63) is 15.6 Å². The molecule has 6 heteroatoms. The zero-order valence-corrected chi connectivity index (χ0v) is 12.7. The number of aryl methyl sites for hydroxylation is 2. The molecule has 1 atom stereocenters. The van der Waals surface area contributed by atoms with E-state index in [0.29, 0.717) is 0 Å². The lowest BCUT2D eigenvalue weighted by Gasteiger charge is -2.33. The van der Waals surface area contributed by atoms with Crippen molar-refractivity contribution in [3.8, 4) is 0 Å². The Morgan fingerprint density at radius 3 is 2.89 bits per heavy atom. The van der Waals surface area contributed by atoms with Crippen LogP contribution in [0.4, 0.5) is 0 Å². The number of halogens is 1. The molecule has 1 aromatic rings. The predicted molar refractivity (Wildman–Crippen MR) is 76.8 cm³/mol. The molecule has 1 aromatic heterocycles. The molecule has 1 saturated heterocycles. The summed E-state index contributed by atoms with van der Waals surface area (Å²) in [5, 5.41) is 4.35. The lowest BCUT2D eigenvalue weighted by molar-refractivity contribution is 0.0660. The van der Waals surface area contributed by atoms with Crippen LogP contribution in [0.25, 0.3) is 0 Å². The van der Waals surface area contributed by atoms with Crippen LogP contribution in [0.2, 0.25) is 0 Å². The van der Waals surface area contributed by atoms with E-state index in [1.165, 1.54) is 0 Å². The molecule has 18 heavy (non-hydrogen) atoms. The van der Waals surface area contributed by atoms with Crippen molar-refractivity contribution in [2.75, 3.05) is 19.6 Å². The van der Waals surface area contributed by atoms with E-state index in [1.54, 1.807) is 11.3 Å².